The Hall–Kier alpha value is -0.810. The van der Waals surface area contributed by atoms with Crippen LogP contribution in [0, 0.1) is 0 Å². The van der Waals surface area contributed by atoms with E-state index in [1.807, 2.05) is 6.20 Å². The van der Waals surface area contributed by atoms with Crippen LogP contribution in [0.25, 0.3) is 0 Å². The number of nitrogens with two attached hydrogens (primary N) is 1. The Morgan fingerprint density at radius 2 is 2.38 bits per heavy atom. The van der Waals surface area contributed by atoms with E-state index < -0.39 is 0 Å². The Bertz CT molecular complexity index is 327. The van der Waals surface area contributed by atoms with Crippen molar-refractivity contribution in [2.24, 2.45) is 5.73 Å². The Kier molecular flexibility index (Phi) is 4.01. The quantitative estimate of drug-likeness (QED) is 0.859. The van der Waals surface area contributed by atoms with E-state index in [1.165, 1.54) is 12.2 Å². The number of thioether (sulfide) groups is 1. The molecule has 1 aliphatic heterocycles. The number of rotatable bonds is 3. The highest BCUT2D eigenvalue weighted by Gasteiger charge is 2.19. The molecule has 0 saturated carbocycles. The zero-order valence-electron chi connectivity index (χ0n) is 9.59. The third-order valence-electron chi connectivity index (χ3n) is 2.82. The van der Waals surface area contributed by atoms with Crippen LogP contribution >= 0.6 is 11.8 Å². The minimum Gasteiger partial charge on any atom is -0.353 e. The lowest BCUT2D eigenvalue weighted by molar-refractivity contribution is 0.717. The highest BCUT2D eigenvalue weighted by atomic mass is 32.2. The summed E-state index contributed by atoms with van der Waals surface area (Å²) in [6.07, 6.45) is 4.83. The molecule has 1 fully saturated rings. The van der Waals surface area contributed by atoms with E-state index in [4.69, 9.17) is 5.73 Å². The molecule has 0 spiro atoms. The zero-order chi connectivity index (χ0) is 11.4. The van der Waals surface area contributed by atoms with Crippen molar-refractivity contribution in [2.75, 3.05) is 23.7 Å². The lowest BCUT2D eigenvalue weighted by Gasteiger charge is -2.32. The lowest BCUT2D eigenvalue weighted by atomic mass is 10.3. The number of anilines is 1. The van der Waals surface area contributed by atoms with Gasteiger partial charge < -0.3 is 10.6 Å². The Morgan fingerprint density at radius 3 is 3.00 bits per heavy atom. The topological polar surface area (TPSA) is 55.0 Å². The number of aromatic nitrogens is 2. The van der Waals surface area contributed by atoms with Crippen LogP contribution in [0.3, 0.4) is 0 Å². The molecule has 0 aliphatic carbocycles. The molecule has 2 N–H and O–H groups in total. The molecule has 5 heteroatoms. The summed E-state index contributed by atoms with van der Waals surface area (Å²) in [5, 5.41) is 0.727. The van der Waals surface area contributed by atoms with E-state index in [9.17, 15) is 0 Å². The molecule has 0 radical (unpaired) electrons. The van der Waals surface area contributed by atoms with Gasteiger partial charge in [-0.05, 0) is 6.42 Å². The Morgan fingerprint density at radius 1 is 1.50 bits per heavy atom. The summed E-state index contributed by atoms with van der Waals surface area (Å²) < 4.78 is 0. The second kappa shape index (κ2) is 5.50. The molecule has 0 aromatic carbocycles. The van der Waals surface area contributed by atoms with Crippen molar-refractivity contribution < 1.29 is 0 Å². The van der Waals surface area contributed by atoms with Crippen LogP contribution in [0.15, 0.2) is 12.4 Å². The molecule has 2 rings (SSSR count). The van der Waals surface area contributed by atoms with Crippen LogP contribution in [0.4, 0.5) is 5.82 Å². The highest BCUT2D eigenvalue weighted by Crippen LogP contribution is 2.23. The monoisotopic (exact) mass is 238 g/mol. The van der Waals surface area contributed by atoms with Gasteiger partial charge in [0.2, 0.25) is 0 Å². The second-order valence-corrected chi connectivity index (χ2v) is 5.33. The Balaban J connectivity index is 2.05. The average molecular weight is 238 g/mol. The van der Waals surface area contributed by atoms with Gasteiger partial charge in [-0.15, -0.1) is 0 Å². The molecule has 1 aliphatic rings. The van der Waals surface area contributed by atoms with Gasteiger partial charge >= 0.3 is 0 Å². The SMILES string of the molecule is CCC1CN(c2cnc(CN)cn2)CCS1. The van der Waals surface area contributed by atoms with Gasteiger partial charge in [-0.3, -0.25) is 4.98 Å². The molecule has 1 atom stereocenters. The fourth-order valence-corrected chi connectivity index (χ4v) is 2.97. The van der Waals surface area contributed by atoms with Crippen LogP contribution in [0.1, 0.15) is 19.0 Å². The first-order valence-corrected chi connectivity index (χ1v) is 6.76. The molecular formula is C11H18N4S. The van der Waals surface area contributed by atoms with Crippen molar-refractivity contribution in [3.8, 4) is 0 Å². The summed E-state index contributed by atoms with van der Waals surface area (Å²) in [5.74, 6) is 2.16. The molecule has 1 aromatic rings. The van der Waals surface area contributed by atoms with Crippen molar-refractivity contribution in [1.29, 1.82) is 0 Å². The molecule has 1 unspecified atom stereocenters. The normalized spacial score (nSPS) is 21.1. The first kappa shape index (κ1) is 11.7. The van der Waals surface area contributed by atoms with Crippen molar-refractivity contribution in [1.82, 2.24) is 9.97 Å². The van der Waals surface area contributed by atoms with E-state index in [2.05, 4.69) is 33.6 Å². The first-order chi connectivity index (χ1) is 7.83. The van der Waals surface area contributed by atoms with Gasteiger partial charge in [0.25, 0.3) is 0 Å². The van der Waals surface area contributed by atoms with Crippen LogP contribution < -0.4 is 10.6 Å². The summed E-state index contributed by atoms with van der Waals surface area (Å²) in [6, 6.07) is 0. The molecule has 0 bridgehead atoms. The predicted octanol–water partition coefficient (Wildman–Crippen LogP) is 1.27. The molecule has 0 amide bonds. The van der Waals surface area contributed by atoms with Crippen LogP contribution in [-0.4, -0.2) is 34.1 Å². The maximum atomic E-state index is 5.50. The number of hydrogen-bond donors (Lipinski definition) is 1. The van der Waals surface area contributed by atoms with Gasteiger partial charge in [0.05, 0.1) is 18.1 Å². The smallest absolute Gasteiger partial charge is 0.147 e. The third kappa shape index (κ3) is 2.65. The number of nitrogens with zero attached hydrogens (tertiary/aromatic N) is 3. The molecule has 1 saturated heterocycles. The summed E-state index contributed by atoms with van der Waals surface area (Å²) in [4.78, 5) is 11.0. The largest absolute Gasteiger partial charge is 0.353 e. The third-order valence-corrected chi connectivity index (χ3v) is 4.19. The van der Waals surface area contributed by atoms with Gasteiger partial charge in [0.15, 0.2) is 0 Å². The van der Waals surface area contributed by atoms with E-state index in [0.717, 1.165) is 29.9 Å². The zero-order valence-corrected chi connectivity index (χ0v) is 10.4. The van der Waals surface area contributed by atoms with E-state index in [-0.39, 0.29) is 0 Å². The van der Waals surface area contributed by atoms with Gasteiger partial charge in [-0.25, -0.2) is 4.98 Å². The highest BCUT2D eigenvalue weighted by molar-refractivity contribution is 8.00. The average Bonchev–Trinajstić information content (AvgIpc) is 2.39. The fourth-order valence-electron chi connectivity index (χ4n) is 1.79. The lowest BCUT2D eigenvalue weighted by Crippen LogP contribution is -2.38. The first-order valence-electron chi connectivity index (χ1n) is 5.71. The van der Waals surface area contributed by atoms with Crippen molar-refractivity contribution >= 4 is 17.6 Å². The molecule has 1 aromatic heterocycles. The van der Waals surface area contributed by atoms with E-state index in [0.29, 0.717) is 6.54 Å². The molecule has 88 valence electrons. The summed E-state index contributed by atoms with van der Waals surface area (Å²) >= 11 is 2.06. The predicted molar refractivity (Wildman–Crippen MR) is 68.7 cm³/mol. The van der Waals surface area contributed by atoms with Crippen molar-refractivity contribution in [2.45, 2.75) is 25.1 Å². The molecule has 2 heterocycles. The Labute approximate surface area is 101 Å². The van der Waals surface area contributed by atoms with Gasteiger partial charge in [0, 0.05) is 30.6 Å². The van der Waals surface area contributed by atoms with Crippen LogP contribution in [-0.2, 0) is 6.54 Å². The standard InChI is InChI=1S/C11H18N4S/c1-2-10-8-15(3-4-16-10)11-7-13-9(5-12)6-14-11/h6-7,10H,2-5,8,12H2,1H3. The fraction of sp³-hybridized carbons (Fsp3) is 0.636. The van der Waals surface area contributed by atoms with Crippen LogP contribution in [0.5, 0.6) is 0 Å². The van der Waals surface area contributed by atoms with Gasteiger partial charge in [0.1, 0.15) is 5.82 Å². The summed E-state index contributed by atoms with van der Waals surface area (Å²) in [6.45, 7) is 4.85. The summed E-state index contributed by atoms with van der Waals surface area (Å²) in [7, 11) is 0. The van der Waals surface area contributed by atoms with E-state index >= 15 is 0 Å². The maximum absolute atomic E-state index is 5.50. The van der Waals surface area contributed by atoms with Gasteiger partial charge in [-0.1, -0.05) is 6.92 Å². The van der Waals surface area contributed by atoms with Crippen molar-refractivity contribution in [3.05, 3.63) is 18.1 Å². The molecular weight excluding hydrogens is 220 g/mol. The van der Waals surface area contributed by atoms with Gasteiger partial charge in [-0.2, -0.15) is 11.8 Å². The molecule has 16 heavy (non-hydrogen) atoms. The van der Waals surface area contributed by atoms with E-state index in [1.54, 1.807) is 6.20 Å². The number of hydrogen-bond acceptors (Lipinski definition) is 5. The molecule has 4 nitrogen and oxygen atoms in total. The minimum atomic E-state index is 0.459. The second-order valence-electron chi connectivity index (χ2n) is 3.92. The van der Waals surface area contributed by atoms with Crippen LogP contribution in [0.2, 0.25) is 0 Å². The maximum Gasteiger partial charge on any atom is 0.147 e. The minimum absolute atomic E-state index is 0.459. The van der Waals surface area contributed by atoms with Crippen molar-refractivity contribution in [3.63, 3.8) is 0 Å². The summed E-state index contributed by atoms with van der Waals surface area (Å²) in [5.41, 5.74) is 6.35.